The molecule has 0 fully saturated rings. The van der Waals surface area contributed by atoms with Crippen LogP contribution in [0.5, 0.6) is 11.5 Å². The maximum atomic E-state index is 10.6. The third kappa shape index (κ3) is 3.50. The minimum Gasteiger partial charge on any atom is -0.504 e. The van der Waals surface area contributed by atoms with Crippen molar-refractivity contribution in [3.63, 3.8) is 0 Å². The van der Waals surface area contributed by atoms with Gasteiger partial charge in [-0.05, 0) is 12.1 Å². The maximum Gasteiger partial charge on any atom is 1.00 e. The molecule has 0 aliphatic heterocycles. The van der Waals surface area contributed by atoms with Gasteiger partial charge in [-0.1, -0.05) is 0 Å². The van der Waals surface area contributed by atoms with Crippen LogP contribution in [0.1, 0.15) is 0 Å². The number of rotatable bonds is 2. The van der Waals surface area contributed by atoms with Gasteiger partial charge >= 0.3 is 51.4 Å². The zero-order valence-corrected chi connectivity index (χ0v) is 11.7. The van der Waals surface area contributed by atoms with Crippen molar-refractivity contribution in [1.82, 2.24) is 0 Å². The standard InChI is InChI=1S/C7H8O5S.K/c1-12-7-4-5(13(9,10)11)2-3-6(7)8;/h2-4,8H,1H3,(H,9,10,11);/q;+1. The van der Waals surface area contributed by atoms with Crippen LogP contribution in [-0.4, -0.2) is 25.2 Å². The first kappa shape index (κ1) is 14.4. The number of methoxy groups -OCH3 is 1. The van der Waals surface area contributed by atoms with Crippen LogP contribution in [0.25, 0.3) is 0 Å². The molecular weight excluding hydrogens is 235 g/mol. The van der Waals surface area contributed by atoms with Gasteiger partial charge < -0.3 is 9.84 Å². The topological polar surface area (TPSA) is 83.8 Å². The molecule has 0 radical (unpaired) electrons. The minimum absolute atomic E-state index is 0. The second kappa shape index (κ2) is 5.45. The molecule has 1 aromatic carbocycles. The Labute approximate surface area is 124 Å². The summed E-state index contributed by atoms with van der Waals surface area (Å²) in [5.41, 5.74) is 0. The van der Waals surface area contributed by atoms with E-state index < -0.39 is 10.1 Å². The molecule has 0 unspecified atom stereocenters. The van der Waals surface area contributed by atoms with Gasteiger partial charge in [0.15, 0.2) is 11.5 Å². The van der Waals surface area contributed by atoms with Gasteiger partial charge in [0, 0.05) is 6.07 Å². The largest absolute Gasteiger partial charge is 1.00 e. The SMILES string of the molecule is COc1cc(S(=O)(=O)O)ccc1O.[K+]. The predicted molar refractivity (Wildman–Crippen MR) is 44.5 cm³/mol. The van der Waals surface area contributed by atoms with E-state index >= 15 is 0 Å². The average molecular weight is 243 g/mol. The molecular formula is C7H8KO5S+. The number of benzene rings is 1. The van der Waals surface area contributed by atoms with Crippen LogP contribution in [0.4, 0.5) is 0 Å². The van der Waals surface area contributed by atoms with Crippen LogP contribution in [0.3, 0.4) is 0 Å². The molecule has 0 heterocycles. The van der Waals surface area contributed by atoms with Gasteiger partial charge in [-0.2, -0.15) is 8.42 Å². The molecule has 0 saturated carbocycles. The number of hydrogen-bond acceptors (Lipinski definition) is 4. The predicted octanol–water partition coefficient (Wildman–Crippen LogP) is -2.35. The van der Waals surface area contributed by atoms with Crippen molar-refractivity contribution in [1.29, 1.82) is 0 Å². The maximum absolute atomic E-state index is 10.6. The molecule has 7 heteroatoms. The van der Waals surface area contributed by atoms with Gasteiger partial charge in [0.1, 0.15) is 0 Å². The first-order valence-electron chi connectivity index (χ1n) is 3.29. The summed E-state index contributed by atoms with van der Waals surface area (Å²) in [6.45, 7) is 0. The Bertz CT molecular complexity index is 414. The van der Waals surface area contributed by atoms with E-state index in [0.29, 0.717) is 0 Å². The molecule has 0 amide bonds. The van der Waals surface area contributed by atoms with E-state index in [9.17, 15) is 8.42 Å². The minimum atomic E-state index is -4.24. The molecule has 0 atom stereocenters. The molecule has 0 saturated heterocycles. The van der Waals surface area contributed by atoms with Crippen LogP contribution in [0.15, 0.2) is 23.1 Å². The van der Waals surface area contributed by atoms with Crippen molar-refractivity contribution >= 4 is 10.1 Å². The van der Waals surface area contributed by atoms with Crippen molar-refractivity contribution in [3.8, 4) is 11.5 Å². The smallest absolute Gasteiger partial charge is 0.504 e. The second-order valence-corrected chi connectivity index (χ2v) is 3.73. The normalized spacial score (nSPS) is 10.4. The molecule has 1 aromatic rings. The molecule has 5 nitrogen and oxygen atoms in total. The number of hydrogen-bond donors (Lipinski definition) is 2. The Morgan fingerprint density at radius 1 is 1.36 bits per heavy atom. The van der Waals surface area contributed by atoms with Crippen molar-refractivity contribution in [2.75, 3.05) is 7.11 Å². The monoisotopic (exact) mass is 243 g/mol. The summed E-state index contributed by atoms with van der Waals surface area (Å²) >= 11 is 0. The summed E-state index contributed by atoms with van der Waals surface area (Å²) in [5.74, 6) is -0.190. The van der Waals surface area contributed by atoms with Crippen molar-refractivity contribution in [2.45, 2.75) is 4.90 Å². The first-order valence-corrected chi connectivity index (χ1v) is 4.73. The molecule has 0 spiro atoms. The zero-order valence-electron chi connectivity index (χ0n) is 7.76. The van der Waals surface area contributed by atoms with Gasteiger partial charge in [0.25, 0.3) is 10.1 Å². The number of phenols is 1. The van der Waals surface area contributed by atoms with Crippen molar-refractivity contribution in [2.24, 2.45) is 0 Å². The molecule has 14 heavy (non-hydrogen) atoms. The van der Waals surface area contributed by atoms with Gasteiger partial charge in [-0.25, -0.2) is 0 Å². The van der Waals surface area contributed by atoms with E-state index in [1.54, 1.807) is 0 Å². The fraction of sp³-hybridized carbons (Fsp3) is 0.143. The van der Waals surface area contributed by atoms with Crippen LogP contribution >= 0.6 is 0 Å². The summed E-state index contributed by atoms with van der Waals surface area (Å²) in [6, 6.07) is 3.24. The third-order valence-electron chi connectivity index (χ3n) is 1.45. The van der Waals surface area contributed by atoms with Crippen LogP contribution < -0.4 is 56.1 Å². The summed E-state index contributed by atoms with van der Waals surface area (Å²) in [4.78, 5) is -0.317. The van der Waals surface area contributed by atoms with E-state index in [1.807, 2.05) is 0 Å². The zero-order chi connectivity index (χ0) is 10.1. The second-order valence-electron chi connectivity index (χ2n) is 2.31. The van der Waals surface area contributed by atoms with Gasteiger partial charge in [0.2, 0.25) is 0 Å². The fourth-order valence-electron chi connectivity index (χ4n) is 0.818. The number of ether oxygens (including phenoxy) is 1. The quantitative estimate of drug-likeness (QED) is 0.449. The van der Waals surface area contributed by atoms with Gasteiger partial charge in [-0.3, -0.25) is 4.55 Å². The molecule has 1 rings (SSSR count). The summed E-state index contributed by atoms with van der Waals surface area (Å²) in [5, 5.41) is 9.10. The number of phenolic OH excluding ortho intramolecular Hbond substituents is 1. The van der Waals surface area contributed by atoms with Crippen molar-refractivity contribution in [3.05, 3.63) is 18.2 Å². The van der Waals surface area contributed by atoms with E-state index in [0.717, 1.165) is 18.2 Å². The molecule has 72 valence electrons. The van der Waals surface area contributed by atoms with E-state index in [2.05, 4.69) is 4.74 Å². The Kier molecular flexibility index (Phi) is 5.59. The van der Waals surface area contributed by atoms with Crippen LogP contribution in [-0.2, 0) is 10.1 Å². The Balaban J connectivity index is 0.00000169. The molecule has 0 aromatic heterocycles. The van der Waals surface area contributed by atoms with Crippen LogP contribution in [0, 0.1) is 0 Å². The van der Waals surface area contributed by atoms with Gasteiger partial charge in [0.05, 0.1) is 12.0 Å². The molecule has 0 bridgehead atoms. The third-order valence-corrected chi connectivity index (χ3v) is 2.30. The van der Waals surface area contributed by atoms with Crippen LogP contribution in [0.2, 0.25) is 0 Å². The molecule has 0 aliphatic carbocycles. The Morgan fingerprint density at radius 3 is 2.36 bits per heavy atom. The van der Waals surface area contributed by atoms with E-state index in [-0.39, 0.29) is 67.8 Å². The summed E-state index contributed by atoms with van der Waals surface area (Å²) < 4.78 is 34.6. The van der Waals surface area contributed by atoms with Gasteiger partial charge in [-0.15, -0.1) is 0 Å². The fourth-order valence-corrected chi connectivity index (χ4v) is 1.31. The molecule has 2 N–H and O–H groups in total. The first-order chi connectivity index (χ1) is 5.95. The average Bonchev–Trinajstić information content (AvgIpc) is 2.03. The van der Waals surface area contributed by atoms with E-state index in [4.69, 9.17) is 9.66 Å². The number of aromatic hydroxyl groups is 1. The Hall–Kier alpha value is 0.366. The summed E-state index contributed by atoms with van der Waals surface area (Å²) in [7, 11) is -2.96. The van der Waals surface area contributed by atoms with E-state index in [1.165, 1.54) is 7.11 Å². The summed E-state index contributed by atoms with van der Waals surface area (Å²) in [6.07, 6.45) is 0. The van der Waals surface area contributed by atoms with Crippen molar-refractivity contribution < 1.29 is 74.2 Å². The molecule has 0 aliphatic rings. The Morgan fingerprint density at radius 2 is 1.93 bits per heavy atom.